The number of methoxy groups -OCH3 is 1. The fourth-order valence-electron chi connectivity index (χ4n) is 2.28. The van der Waals surface area contributed by atoms with Gasteiger partial charge in [-0.05, 0) is 43.0 Å². The van der Waals surface area contributed by atoms with Gasteiger partial charge in [-0.15, -0.1) is 0 Å². The molecule has 1 aromatic rings. The van der Waals surface area contributed by atoms with Gasteiger partial charge in [0.15, 0.2) is 0 Å². The number of piperidine rings is 1. The van der Waals surface area contributed by atoms with E-state index in [0.717, 1.165) is 31.5 Å². The Balaban J connectivity index is 2.24. The van der Waals surface area contributed by atoms with Crippen LogP contribution in [-0.2, 0) is 11.3 Å². The fraction of sp³-hybridized carbons (Fsp3) is 0.538. The third-order valence-electron chi connectivity index (χ3n) is 3.22. The third-order valence-corrected chi connectivity index (χ3v) is 3.56. The van der Waals surface area contributed by atoms with Crippen molar-refractivity contribution in [2.24, 2.45) is 0 Å². The van der Waals surface area contributed by atoms with Crippen LogP contribution in [0.5, 0.6) is 0 Å². The predicted octanol–water partition coefficient (Wildman–Crippen LogP) is 3.09. The van der Waals surface area contributed by atoms with Crippen LogP contribution in [0, 0.1) is 5.82 Å². The van der Waals surface area contributed by atoms with E-state index in [9.17, 15) is 4.39 Å². The van der Waals surface area contributed by atoms with Crippen LogP contribution in [0.1, 0.15) is 29.9 Å². The number of rotatable bonds is 3. The summed E-state index contributed by atoms with van der Waals surface area (Å²) in [6, 6.07) is 3.47. The fourth-order valence-corrected chi connectivity index (χ4v) is 2.55. The van der Waals surface area contributed by atoms with Gasteiger partial charge in [-0.25, -0.2) is 4.39 Å². The Morgan fingerprint density at radius 2 is 2.35 bits per heavy atom. The second kappa shape index (κ2) is 5.80. The van der Waals surface area contributed by atoms with Crippen molar-refractivity contribution >= 4 is 11.6 Å². The van der Waals surface area contributed by atoms with Crippen LogP contribution < -0.4 is 5.32 Å². The molecule has 1 N–H and O–H groups in total. The molecule has 2 nitrogen and oxygen atoms in total. The quantitative estimate of drug-likeness (QED) is 0.899. The van der Waals surface area contributed by atoms with E-state index in [-0.39, 0.29) is 12.4 Å². The van der Waals surface area contributed by atoms with Gasteiger partial charge in [-0.3, -0.25) is 0 Å². The molecule has 94 valence electrons. The van der Waals surface area contributed by atoms with Gasteiger partial charge < -0.3 is 10.1 Å². The summed E-state index contributed by atoms with van der Waals surface area (Å²) in [4.78, 5) is 0. The van der Waals surface area contributed by atoms with Crippen LogP contribution in [0.15, 0.2) is 12.1 Å². The molecule has 0 bridgehead atoms. The highest BCUT2D eigenvalue weighted by atomic mass is 35.5. The molecule has 1 heterocycles. The molecule has 0 aromatic heterocycles. The lowest BCUT2D eigenvalue weighted by molar-refractivity contribution is 0.181. The molecule has 2 rings (SSSR count). The molecule has 1 unspecified atom stereocenters. The summed E-state index contributed by atoms with van der Waals surface area (Å²) >= 11 is 6.09. The van der Waals surface area contributed by atoms with Crippen LogP contribution in [0.3, 0.4) is 0 Å². The van der Waals surface area contributed by atoms with Crippen molar-refractivity contribution in [1.29, 1.82) is 0 Å². The number of halogens is 2. The topological polar surface area (TPSA) is 21.3 Å². The first-order valence-electron chi connectivity index (χ1n) is 5.90. The average Bonchev–Trinajstić information content (AvgIpc) is 2.35. The lowest BCUT2D eigenvalue weighted by Gasteiger charge is -2.23. The second-order valence-corrected chi connectivity index (χ2v) is 4.85. The molecule has 1 atom stereocenters. The Kier molecular flexibility index (Phi) is 4.37. The molecule has 0 spiro atoms. The highest BCUT2D eigenvalue weighted by Gasteiger charge is 2.18. The van der Waals surface area contributed by atoms with Crippen molar-refractivity contribution in [3.63, 3.8) is 0 Å². The minimum Gasteiger partial charge on any atom is -0.380 e. The summed E-state index contributed by atoms with van der Waals surface area (Å²) in [5, 5.41) is 3.79. The maximum absolute atomic E-state index is 13.9. The van der Waals surface area contributed by atoms with Crippen molar-refractivity contribution in [3.05, 3.63) is 34.1 Å². The number of nitrogens with one attached hydrogen (secondary N) is 1. The van der Waals surface area contributed by atoms with Crippen LogP contribution in [-0.4, -0.2) is 20.2 Å². The Hall–Kier alpha value is -0.640. The average molecular weight is 258 g/mol. The van der Waals surface area contributed by atoms with Gasteiger partial charge in [-0.2, -0.15) is 0 Å². The second-order valence-electron chi connectivity index (χ2n) is 4.44. The van der Waals surface area contributed by atoms with Crippen molar-refractivity contribution in [3.8, 4) is 0 Å². The van der Waals surface area contributed by atoms with Gasteiger partial charge in [0.2, 0.25) is 0 Å². The SMILES string of the molecule is COCc1c(F)cc(C2CCCNC2)cc1Cl. The summed E-state index contributed by atoms with van der Waals surface area (Å²) in [5.74, 6) is 0.104. The Labute approximate surface area is 106 Å². The van der Waals surface area contributed by atoms with Crippen molar-refractivity contribution < 1.29 is 9.13 Å². The first-order valence-corrected chi connectivity index (χ1v) is 6.27. The van der Waals surface area contributed by atoms with E-state index >= 15 is 0 Å². The van der Waals surface area contributed by atoms with Crippen LogP contribution >= 0.6 is 11.6 Å². The van der Waals surface area contributed by atoms with Gasteiger partial charge >= 0.3 is 0 Å². The molecule has 0 aliphatic carbocycles. The monoisotopic (exact) mass is 257 g/mol. The molecule has 1 aromatic carbocycles. The first-order chi connectivity index (χ1) is 8.22. The molecule has 17 heavy (non-hydrogen) atoms. The summed E-state index contributed by atoms with van der Waals surface area (Å²) < 4.78 is 18.8. The summed E-state index contributed by atoms with van der Waals surface area (Å²) in [7, 11) is 1.54. The molecule has 1 aliphatic rings. The molecule has 1 aliphatic heterocycles. The lowest BCUT2D eigenvalue weighted by atomic mass is 9.91. The standard InChI is InChI=1S/C13H17ClFNO/c1-17-8-11-12(14)5-10(6-13(11)15)9-3-2-4-16-7-9/h5-6,9,16H,2-4,7-8H2,1H3. The van der Waals surface area contributed by atoms with E-state index < -0.39 is 0 Å². The smallest absolute Gasteiger partial charge is 0.130 e. The Bertz CT molecular complexity index is 368. The molecular formula is C13H17ClFNO. The lowest BCUT2D eigenvalue weighted by Crippen LogP contribution is -2.28. The molecule has 1 saturated heterocycles. The normalized spacial score (nSPS) is 20.5. The van der Waals surface area contributed by atoms with Gasteiger partial charge in [0.1, 0.15) is 5.82 Å². The van der Waals surface area contributed by atoms with E-state index in [0.29, 0.717) is 16.5 Å². The highest BCUT2D eigenvalue weighted by molar-refractivity contribution is 6.31. The third kappa shape index (κ3) is 2.97. The zero-order valence-corrected chi connectivity index (χ0v) is 10.7. The maximum Gasteiger partial charge on any atom is 0.130 e. The van der Waals surface area contributed by atoms with Crippen LogP contribution in [0.25, 0.3) is 0 Å². The predicted molar refractivity (Wildman–Crippen MR) is 67.0 cm³/mol. The molecular weight excluding hydrogens is 241 g/mol. The number of ether oxygens (including phenoxy) is 1. The van der Waals surface area contributed by atoms with Gasteiger partial charge in [0, 0.05) is 24.2 Å². The highest BCUT2D eigenvalue weighted by Crippen LogP contribution is 2.29. The minimum absolute atomic E-state index is 0.216. The molecule has 0 amide bonds. The number of benzene rings is 1. The number of hydrogen-bond donors (Lipinski definition) is 1. The summed E-state index contributed by atoms with van der Waals surface area (Å²) in [5.41, 5.74) is 1.43. The van der Waals surface area contributed by atoms with Gasteiger partial charge in [0.25, 0.3) is 0 Å². The zero-order valence-electron chi connectivity index (χ0n) is 9.93. The van der Waals surface area contributed by atoms with Crippen LogP contribution in [0.2, 0.25) is 5.02 Å². The molecule has 0 saturated carbocycles. The Morgan fingerprint density at radius 1 is 1.53 bits per heavy atom. The van der Waals surface area contributed by atoms with E-state index in [1.165, 1.54) is 7.11 Å². The molecule has 1 fully saturated rings. The largest absolute Gasteiger partial charge is 0.380 e. The van der Waals surface area contributed by atoms with Gasteiger partial charge in [0.05, 0.1) is 6.61 Å². The zero-order chi connectivity index (χ0) is 12.3. The van der Waals surface area contributed by atoms with E-state index in [1.54, 1.807) is 6.07 Å². The Morgan fingerprint density at radius 3 is 2.94 bits per heavy atom. The van der Waals surface area contributed by atoms with Crippen LogP contribution in [0.4, 0.5) is 4.39 Å². The molecule has 0 radical (unpaired) electrons. The van der Waals surface area contributed by atoms with E-state index in [4.69, 9.17) is 16.3 Å². The van der Waals surface area contributed by atoms with Crippen molar-refractivity contribution in [2.45, 2.75) is 25.4 Å². The van der Waals surface area contributed by atoms with Crippen molar-refractivity contribution in [1.82, 2.24) is 5.32 Å². The maximum atomic E-state index is 13.9. The minimum atomic E-state index is -0.264. The first kappa shape index (κ1) is 12.8. The summed E-state index contributed by atoms with van der Waals surface area (Å²) in [6.07, 6.45) is 2.22. The summed E-state index contributed by atoms with van der Waals surface area (Å²) in [6.45, 7) is 2.17. The van der Waals surface area contributed by atoms with E-state index in [1.807, 2.05) is 6.07 Å². The number of hydrogen-bond acceptors (Lipinski definition) is 2. The van der Waals surface area contributed by atoms with Crippen molar-refractivity contribution in [2.75, 3.05) is 20.2 Å². The van der Waals surface area contributed by atoms with Gasteiger partial charge in [-0.1, -0.05) is 11.6 Å². The molecule has 4 heteroatoms. The van der Waals surface area contributed by atoms with E-state index in [2.05, 4.69) is 5.32 Å².